The summed E-state index contributed by atoms with van der Waals surface area (Å²) in [5.41, 5.74) is -0.119. The van der Waals surface area contributed by atoms with E-state index in [-0.39, 0.29) is 5.69 Å². The highest BCUT2D eigenvalue weighted by Gasteiger charge is 2.11. The van der Waals surface area contributed by atoms with Gasteiger partial charge in [0, 0.05) is 13.1 Å². The van der Waals surface area contributed by atoms with Crippen LogP contribution < -0.4 is 5.32 Å². The molecule has 1 aromatic heterocycles. The van der Waals surface area contributed by atoms with Gasteiger partial charge in [0.1, 0.15) is 5.82 Å². The molecule has 1 rings (SSSR count). The monoisotopic (exact) mass is 195 g/mol. The minimum Gasteiger partial charge on any atom is -0.476 e. The van der Waals surface area contributed by atoms with Gasteiger partial charge in [0.25, 0.3) is 0 Å². The number of aryl methyl sites for hydroxylation is 1. The molecule has 0 aliphatic rings. The Labute approximate surface area is 79.8 Å². The molecule has 6 nitrogen and oxygen atoms in total. The molecule has 74 valence electrons. The minimum atomic E-state index is -1.14. The Bertz CT molecular complexity index is 395. The molecule has 0 saturated carbocycles. The second-order valence-electron chi connectivity index (χ2n) is 2.54. The Morgan fingerprint density at radius 3 is 2.79 bits per heavy atom. The van der Waals surface area contributed by atoms with Gasteiger partial charge in [-0.1, -0.05) is 6.58 Å². The Morgan fingerprint density at radius 1 is 1.71 bits per heavy atom. The molecule has 0 atom stereocenters. The number of hydrogen-bond acceptors (Lipinski definition) is 3. The predicted octanol–water partition coefficient (Wildman–Crippen LogP) is 0.243. The van der Waals surface area contributed by atoms with Crippen molar-refractivity contribution >= 4 is 17.7 Å². The fourth-order valence-corrected chi connectivity index (χ4v) is 0.866. The third kappa shape index (κ3) is 1.98. The van der Waals surface area contributed by atoms with Gasteiger partial charge in [-0.05, 0) is 6.08 Å². The van der Waals surface area contributed by atoms with Crippen LogP contribution in [0.2, 0.25) is 0 Å². The number of amides is 1. The van der Waals surface area contributed by atoms with Crippen molar-refractivity contribution in [1.82, 2.24) is 9.78 Å². The molecule has 0 aliphatic heterocycles. The standard InChI is InChI=1S/C8H9N3O3/c1-3-7(12)9-6-4-5(8(13)14)10-11(6)2/h3-4H,1H2,2H3,(H,9,12)(H,13,14). The zero-order valence-corrected chi connectivity index (χ0v) is 7.52. The topological polar surface area (TPSA) is 84.2 Å². The third-order valence-corrected chi connectivity index (χ3v) is 1.54. The fourth-order valence-electron chi connectivity index (χ4n) is 0.866. The number of hydrogen-bond donors (Lipinski definition) is 2. The first kappa shape index (κ1) is 9.97. The van der Waals surface area contributed by atoms with Crippen LogP contribution in [0.25, 0.3) is 0 Å². The molecule has 1 heterocycles. The van der Waals surface area contributed by atoms with Crippen LogP contribution in [0.3, 0.4) is 0 Å². The number of aromatic nitrogens is 2. The average molecular weight is 195 g/mol. The van der Waals surface area contributed by atoms with Gasteiger partial charge < -0.3 is 10.4 Å². The van der Waals surface area contributed by atoms with Crippen molar-refractivity contribution in [1.29, 1.82) is 0 Å². The van der Waals surface area contributed by atoms with Crippen LogP contribution in [-0.4, -0.2) is 26.8 Å². The SMILES string of the molecule is C=CC(=O)Nc1cc(C(=O)O)nn1C. The summed E-state index contributed by atoms with van der Waals surface area (Å²) in [6, 6.07) is 1.27. The van der Waals surface area contributed by atoms with Gasteiger partial charge in [0.2, 0.25) is 5.91 Å². The summed E-state index contributed by atoms with van der Waals surface area (Å²) >= 11 is 0. The molecule has 0 aliphatic carbocycles. The Balaban J connectivity index is 2.93. The molecule has 2 N–H and O–H groups in total. The summed E-state index contributed by atoms with van der Waals surface area (Å²) in [5, 5.41) is 14.7. The predicted molar refractivity (Wildman–Crippen MR) is 49.0 cm³/mol. The highest BCUT2D eigenvalue weighted by Crippen LogP contribution is 2.08. The van der Waals surface area contributed by atoms with Crippen LogP contribution in [0.4, 0.5) is 5.82 Å². The normalized spacial score (nSPS) is 9.50. The third-order valence-electron chi connectivity index (χ3n) is 1.54. The molecule has 0 spiro atoms. The Kier molecular flexibility index (Phi) is 2.66. The zero-order chi connectivity index (χ0) is 10.7. The first-order valence-electron chi connectivity index (χ1n) is 3.75. The molecule has 0 bridgehead atoms. The smallest absolute Gasteiger partial charge is 0.356 e. The second kappa shape index (κ2) is 3.73. The van der Waals surface area contributed by atoms with Crippen molar-refractivity contribution in [2.45, 2.75) is 0 Å². The van der Waals surface area contributed by atoms with Gasteiger partial charge in [0.05, 0.1) is 0 Å². The molecule has 6 heteroatoms. The van der Waals surface area contributed by atoms with Gasteiger partial charge in [-0.2, -0.15) is 5.10 Å². The van der Waals surface area contributed by atoms with Crippen molar-refractivity contribution in [3.8, 4) is 0 Å². The van der Waals surface area contributed by atoms with Crippen LogP contribution >= 0.6 is 0 Å². The number of carbonyl (C=O) groups is 2. The van der Waals surface area contributed by atoms with Gasteiger partial charge in [-0.25, -0.2) is 4.79 Å². The molecule has 0 radical (unpaired) electrons. The summed E-state index contributed by atoms with van der Waals surface area (Å²) in [4.78, 5) is 21.4. The maximum absolute atomic E-state index is 10.9. The molecular weight excluding hydrogens is 186 g/mol. The van der Waals surface area contributed by atoms with Crippen LogP contribution in [0, 0.1) is 0 Å². The maximum Gasteiger partial charge on any atom is 0.356 e. The lowest BCUT2D eigenvalue weighted by Gasteiger charge is -1.99. The van der Waals surface area contributed by atoms with Crippen molar-refractivity contribution in [3.05, 3.63) is 24.4 Å². The number of carboxylic acid groups (broad SMARTS) is 1. The quantitative estimate of drug-likeness (QED) is 0.677. The highest BCUT2D eigenvalue weighted by molar-refractivity contribution is 5.99. The van der Waals surface area contributed by atoms with E-state index in [2.05, 4.69) is 17.0 Å². The summed E-state index contributed by atoms with van der Waals surface area (Å²) < 4.78 is 1.27. The van der Waals surface area contributed by atoms with E-state index in [1.807, 2.05) is 0 Å². The van der Waals surface area contributed by atoms with Crippen molar-refractivity contribution in [2.24, 2.45) is 7.05 Å². The minimum absolute atomic E-state index is 0.119. The van der Waals surface area contributed by atoms with Crippen LogP contribution in [-0.2, 0) is 11.8 Å². The second-order valence-corrected chi connectivity index (χ2v) is 2.54. The fraction of sp³-hybridized carbons (Fsp3) is 0.125. The van der Waals surface area contributed by atoms with Crippen LogP contribution in [0.1, 0.15) is 10.5 Å². The summed E-state index contributed by atoms with van der Waals surface area (Å²) in [7, 11) is 1.53. The van der Waals surface area contributed by atoms with Gasteiger partial charge >= 0.3 is 5.97 Å². The maximum atomic E-state index is 10.9. The van der Waals surface area contributed by atoms with E-state index in [1.165, 1.54) is 17.8 Å². The largest absolute Gasteiger partial charge is 0.476 e. The van der Waals surface area contributed by atoms with Crippen molar-refractivity contribution < 1.29 is 14.7 Å². The lowest BCUT2D eigenvalue weighted by molar-refractivity contribution is -0.111. The van der Waals surface area contributed by atoms with Crippen molar-refractivity contribution in [2.75, 3.05) is 5.32 Å². The molecule has 0 saturated heterocycles. The molecule has 0 fully saturated rings. The summed E-state index contributed by atoms with van der Waals surface area (Å²) in [6.45, 7) is 3.27. The van der Waals surface area contributed by atoms with E-state index in [0.29, 0.717) is 5.82 Å². The molecule has 14 heavy (non-hydrogen) atoms. The Hall–Kier alpha value is -2.11. The number of nitrogens with one attached hydrogen (secondary N) is 1. The highest BCUT2D eigenvalue weighted by atomic mass is 16.4. The number of carboxylic acids is 1. The molecule has 0 aromatic carbocycles. The number of anilines is 1. The van der Waals surface area contributed by atoms with E-state index in [9.17, 15) is 9.59 Å². The zero-order valence-electron chi connectivity index (χ0n) is 7.52. The molecule has 1 amide bonds. The molecule has 0 unspecified atom stereocenters. The van der Waals surface area contributed by atoms with E-state index in [0.717, 1.165) is 6.08 Å². The van der Waals surface area contributed by atoms with E-state index < -0.39 is 11.9 Å². The Morgan fingerprint density at radius 2 is 2.36 bits per heavy atom. The number of nitrogens with zero attached hydrogens (tertiary/aromatic N) is 2. The number of carbonyl (C=O) groups excluding carboxylic acids is 1. The van der Waals surface area contributed by atoms with Crippen molar-refractivity contribution in [3.63, 3.8) is 0 Å². The van der Waals surface area contributed by atoms with Gasteiger partial charge in [-0.3, -0.25) is 9.48 Å². The molecule has 1 aromatic rings. The van der Waals surface area contributed by atoms with E-state index in [1.54, 1.807) is 0 Å². The van der Waals surface area contributed by atoms with E-state index >= 15 is 0 Å². The first-order valence-corrected chi connectivity index (χ1v) is 3.75. The van der Waals surface area contributed by atoms with Crippen LogP contribution in [0.5, 0.6) is 0 Å². The number of rotatable bonds is 3. The summed E-state index contributed by atoms with van der Waals surface area (Å²) in [6.07, 6.45) is 1.09. The summed E-state index contributed by atoms with van der Waals surface area (Å²) in [5.74, 6) is -1.24. The average Bonchev–Trinajstić information content (AvgIpc) is 2.48. The van der Waals surface area contributed by atoms with Crippen LogP contribution in [0.15, 0.2) is 18.7 Å². The lowest BCUT2D eigenvalue weighted by atomic mass is 10.4. The first-order chi connectivity index (χ1) is 6.54. The van der Waals surface area contributed by atoms with Gasteiger partial charge in [0.15, 0.2) is 5.69 Å². The lowest BCUT2D eigenvalue weighted by Crippen LogP contribution is -2.10. The number of aromatic carboxylic acids is 1. The van der Waals surface area contributed by atoms with Gasteiger partial charge in [-0.15, -0.1) is 0 Å². The molecular formula is C8H9N3O3. The van der Waals surface area contributed by atoms with E-state index in [4.69, 9.17) is 5.11 Å².